The number of H-pyrrole nitrogens is 1. The highest BCUT2D eigenvalue weighted by atomic mass is 16.3. The third-order valence-electron chi connectivity index (χ3n) is 5.17. The molecule has 4 aliphatic carbocycles. The second kappa shape index (κ2) is 3.29. The molecule has 1 aromatic heterocycles. The molecule has 0 saturated heterocycles. The zero-order valence-electron chi connectivity index (χ0n) is 10.0. The summed E-state index contributed by atoms with van der Waals surface area (Å²) in [5.74, 6) is 2.16. The summed E-state index contributed by atoms with van der Waals surface area (Å²) in [6.07, 6.45) is 9.73. The van der Waals surface area contributed by atoms with Gasteiger partial charge in [-0.25, -0.2) is 0 Å². The number of hydrogen-bond acceptors (Lipinski definition) is 2. The van der Waals surface area contributed by atoms with Gasteiger partial charge in [-0.05, 0) is 55.9 Å². The van der Waals surface area contributed by atoms with Crippen molar-refractivity contribution < 1.29 is 5.11 Å². The predicted molar refractivity (Wildman–Crippen MR) is 66.7 cm³/mol. The minimum Gasteiger partial charge on any atom is -0.390 e. The van der Waals surface area contributed by atoms with Gasteiger partial charge in [-0.1, -0.05) is 0 Å². The maximum atomic E-state index is 10.5. The highest BCUT2D eigenvalue weighted by Crippen LogP contribution is 2.56. The van der Waals surface area contributed by atoms with Crippen LogP contribution in [0.5, 0.6) is 0 Å². The number of aromatic amines is 1. The lowest BCUT2D eigenvalue weighted by Gasteiger charge is -2.58. The van der Waals surface area contributed by atoms with E-state index in [0.717, 1.165) is 25.2 Å². The van der Waals surface area contributed by atoms with Crippen LogP contribution in [0.3, 0.4) is 0 Å². The Kier molecular flexibility index (Phi) is 1.93. The number of aromatic nitrogens is 1. The van der Waals surface area contributed by atoms with Gasteiger partial charge in [-0.3, -0.25) is 0 Å². The molecule has 3 heteroatoms. The van der Waals surface area contributed by atoms with Gasteiger partial charge in [0, 0.05) is 18.4 Å². The van der Waals surface area contributed by atoms with E-state index in [4.69, 9.17) is 0 Å². The minimum atomic E-state index is -0.313. The van der Waals surface area contributed by atoms with Crippen LogP contribution in [0.2, 0.25) is 0 Å². The van der Waals surface area contributed by atoms with Crippen molar-refractivity contribution in [2.75, 3.05) is 5.32 Å². The smallest absolute Gasteiger partial charge is 0.0657 e. The molecule has 3 N–H and O–H groups in total. The Bertz CT molecular complexity index is 398. The van der Waals surface area contributed by atoms with Crippen molar-refractivity contribution in [3.8, 4) is 0 Å². The van der Waals surface area contributed by atoms with Crippen molar-refractivity contribution >= 4 is 5.69 Å². The Labute approximate surface area is 102 Å². The standard InChI is InChI=1S/C14H20N2O/c17-14-5-9-3-10(6-14)13(11(4-9)7-14)16-12-1-2-15-8-12/h1-2,8-11,13,15-17H,3-7H2/t9?,10?,11?,13-,14+. The van der Waals surface area contributed by atoms with E-state index in [9.17, 15) is 5.11 Å². The first kappa shape index (κ1) is 10.0. The summed E-state index contributed by atoms with van der Waals surface area (Å²) in [5.41, 5.74) is 0.891. The highest BCUT2D eigenvalue weighted by molar-refractivity contribution is 5.42. The van der Waals surface area contributed by atoms with Gasteiger partial charge in [0.25, 0.3) is 0 Å². The molecule has 17 heavy (non-hydrogen) atoms. The molecule has 5 rings (SSSR count). The van der Waals surface area contributed by atoms with Crippen molar-refractivity contribution in [3.63, 3.8) is 0 Å². The average molecular weight is 232 g/mol. The number of anilines is 1. The zero-order chi connectivity index (χ0) is 11.5. The van der Waals surface area contributed by atoms with E-state index in [-0.39, 0.29) is 5.60 Å². The second-order valence-electron chi connectivity index (χ2n) is 6.46. The molecule has 2 unspecified atom stereocenters. The van der Waals surface area contributed by atoms with Crippen LogP contribution < -0.4 is 5.32 Å². The molecule has 2 atom stereocenters. The van der Waals surface area contributed by atoms with Crippen molar-refractivity contribution in [1.82, 2.24) is 4.98 Å². The van der Waals surface area contributed by atoms with E-state index < -0.39 is 0 Å². The van der Waals surface area contributed by atoms with Crippen molar-refractivity contribution in [3.05, 3.63) is 18.5 Å². The predicted octanol–water partition coefficient (Wildman–Crippen LogP) is 2.37. The molecule has 4 saturated carbocycles. The van der Waals surface area contributed by atoms with Gasteiger partial charge in [0.05, 0.1) is 11.3 Å². The quantitative estimate of drug-likeness (QED) is 0.733. The third kappa shape index (κ3) is 1.52. The van der Waals surface area contributed by atoms with Crippen LogP contribution in [0, 0.1) is 17.8 Å². The van der Waals surface area contributed by atoms with E-state index >= 15 is 0 Å². The molecule has 4 aliphatic rings. The maximum absolute atomic E-state index is 10.5. The molecule has 4 bridgehead atoms. The van der Waals surface area contributed by atoms with Gasteiger partial charge in [-0.15, -0.1) is 0 Å². The third-order valence-corrected chi connectivity index (χ3v) is 5.17. The molecule has 0 amide bonds. The molecular formula is C14H20N2O. The molecule has 0 radical (unpaired) electrons. The molecule has 0 spiro atoms. The van der Waals surface area contributed by atoms with Crippen LogP contribution in [-0.4, -0.2) is 21.7 Å². The first-order valence-electron chi connectivity index (χ1n) is 6.84. The van der Waals surface area contributed by atoms with Gasteiger partial charge in [0.15, 0.2) is 0 Å². The van der Waals surface area contributed by atoms with Crippen LogP contribution in [0.4, 0.5) is 5.69 Å². The van der Waals surface area contributed by atoms with Crippen molar-refractivity contribution in [2.24, 2.45) is 17.8 Å². The molecule has 1 aromatic rings. The Morgan fingerprint density at radius 2 is 2.00 bits per heavy atom. The van der Waals surface area contributed by atoms with Crippen LogP contribution in [-0.2, 0) is 0 Å². The van der Waals surface area contributed by atoms with Crippen LogP contribution >= 0.6 is 0 Å². The van der Waals surface area contributed by atoms with Crippen LogP contribution in [0.15, 0.2) is 18.5 Å². The molecule has 92 valence electrons. The molecular weight excluding hydrogens is 212 g/mol. The number of rotatable bonds is 2. The van der Waals surface area contributed by atoms with Crippen LogP contribution in [0.1, 0.15) is 32.1 Å². The molecule has 4 fully saturated rings. The van der Waals surface area contributed by atoms with E-state index in [0.29, 0.717) is 17.9 Å². The maximum Gasteiger partial charge on any atom is 0.0657 e. The minimum absolute atomic E-state index is 0.313. The Hall–Kier alpha value is -0.960. The largest absolute Gasteiger partial charge is 0.390 e. The Morgan fingerprint density at radius 3 is 2.59 bits per heavy atom. The molecule has 3 nitrogen and oxygen atoms in total. The van der Waals surface area contributed by atoms with Crippen molar-refractivity contribution in [1.29, 1.82) is 0 Å². The normalized spacial score (nSPS) is 47.4. The summed E-state index contributed by atoms with van der Waals surface area (Å²) in [7, 11) is 0. The van der Waals surface area contributed by atoms with Gasteiger partial charge in [0.1, 0.15) is 0 Å². The molecule has 0 aromatic carbocycles. The number of hydrogen-bond donors (Lipinski definition) is 3. The first-order chi connectivity index (χ1) is 8.22. The topological polar surface area (TPSA) is 48.0 Å². The summed E-state index contributed by atoms with van der Waals surface area (Å²) < 4.78 is 0. The summed E-state index contributed by atoms with van der Waals surface area (Å²) in [5, 5.41) is 14.2. The average Bonchev–Trinajstić information content (AvgIpc) is 2.73. The van der Waals surface area contributed by atoms with Crippen molar-refractivity contribution in [2.45, 2.75) is 43.7 Å². The molecule has 0 aliphatic heterocycles. The SMILES string of the molecule is O[C@]12CC3CC(C1)[C@H](Nc1cc[nH]c1)C(C3)C2. The van der Waals surface area contributed by atoms with E-state index in [1.54, 1.807) is 0 Å². The fraction of sp³-hybridized carbons (Fsp3) is 0.714. The zero-order valence-corrected chi connectivity index (χ0v) is 10.0. The lowest BCUT2D eigenvalue weighted by atomic mass is 9.52. The van der Waals surface area contributed by atoms with E-state index in [1.165, 1.54) is 18.5 Å². The number of aliphatic hydroxyl groups is 1. The first-order valence-corrected chi connectivity index (χ1v) is 6.84. The Balaban J connectivity index is 1.58. The lowest BCUT2D eigenvalue weighted by molar-refractivity contribution is -0.129. The summed E-state index contributed by atoms with van der Waals surface area (Å²) in [4.78, 5) is 3.10. The summed E-state index contributed by atoms with van der Waals surface area (Å²) in [6, 6.07) is 2.68. The van der Waals surface area contributed by atoms with Gasteiger partial charge in [-0.2, -0.15) is 0 Å². The monoisotopic (exact) mass is 232 g/mol. The highest BCUT2D eigenvalue weighted by Gasteiger charge is 2.54. The second-order valence-corrected chi connectivity index (χ2v) is 6.46. The van der Waals surface area contributed by atoms with E-state index in [1.807, 2.05) is 12.4 Å². The van der Waals surface area contributed by atoms with E-state index in [2.05, 4.69) is 16.4 Å². The summed E-state index contributed by atoms with van der Waals surface area (Å²) >= 11 is 0. The van der Waals surface area contributed by atoms with Gasteiger partial charge >= 0.3 is 0 Å². The number of nitrogens with one attached hydrogen (secondary N) is 2. The summed E-state index contributed by atoms with van der Waals surface area (Å²) in [6.45, 7) is 0. The molecule has 1 heterocycles. The van der Waals surface area contributed by atoms with Gasteiger partial charge in [0.2, 0.25) is 0 Å². The fourth-order valence-electron chi connectivity index (χ4n) is 4.82. The fourth-order valence-corrected chi connectivity index (χ4v) is 4.82. The van der Waals surface area contributed by atoms with Crippen LogP contribution in [0.25, 0.3) is 0 Å². The lowest BCUT2D eigenvalue weighted by Crippen LogP contribution is -2.58. The van der Waals surface area contributed by atoms with Gasteiger partial charge < -0.3 is 15.4 Å². The Morgan fingerprint density at radius 1 is 1.24 bits per heavy atom.